The van der Waals surface area contributed by atoms with E-state index in [0.29, 0.717) is 23.0 Å². The standard InChI is InChI=1S/C15H23ClN2O2S/c1-4-17-10-12-8-13(16)9-15(11(12)3)21(19,20)18(5-2)14-6-7-14/h8-9,14,17H,4-7,10H2,1-3H3. The Morgan fingerprint density at radius 1 is 1.33 bits per heavy atom. The highest BCUT2D eigenvalue weighted by molar-refractivity contribution is 7.89. The number of benzene rings is 1. The van der Waals surface area contributed by atoms with Gasteiger partial charge in [-0.1, -0.05) is 25.4 Å². The third-order valence-corrected chi connectivity index (χ3v) is 6.22. The summed E-state index contributed by atoms with van der Waals surface area (Å²) >= 11 is 6.14. The summed E-state index contributed by atoms with van der Waals surface area (Å²) in [5.41, 5.74) is 1.73. The zero-order valence-electron chi connectivity index (χ0n) is 12.8. The number of sulfonamides is 1. The fraction of sp³-hybridized carbons (Fsp3) is 0.600. The highest BCUT2D eigenvalue weighted by atomic mass is 35.5. The van der Waals surface area contributed by atoms with Gasteiger partial charge >= 0.3 is 0 Å². The Labute approximate surface area is 132 Å². The first-order valence-electron chi connectivity index (χ1n) is 7.43. The van der Waals surface area contributed by atoms with Gasteiger partial charge in [-0.25, -0.2) is 8.42 Å². The van der Waals surface area contributed by atoms with Crippen molar-refractivity contribution >= 4 is 21.6 Å². The summed E-state index contributed by atoms with van der Waals surface area (Å²) in [7, 11) is -3.47. The summed E-state index contributed by atoms with van der Waals surface area (Å²) in [6.07, 6.45) is 1.91. The lowest BCUT2D eigenvalue weighted by atomic mass is 10.1. The van der Waals surface area contributed by atoms with Crippen molar-refractivity contribution in [2.45, 2.75) is 51.1 Å². The molecule has 0 bridgehead atoms. The van der Waals surface area contributed by atoms with E-state index in [1.807, 2.05) is 26.8 Å². The van der Waals surface area contributed by atoms with Gasteiger partial charge in [-0.3, -0.25) is 0 Å². The molecule has 0 spiro atoms. The van der Waals surface area contributed by atoms with E-state index >= 15 is 0 Å². The molecule has 0 radical (unpaired) electrons. The predicted octanol–water partition coefficient (Wildman–Crippen LogP) is 2.93. The number of rotatable bonds is 7. The van der Waals surface area contributed by atoms with E-state index in [1.165, 1.54) is 0 Å². The molecular weight excluding hydrogens is 308 g/mol. The van der Waals surface area contributed by atoms with Crippen LogP contribution in [0, 0.1) is 6.92 Å². The average Bonchev–Trinajstić information content (AvgIpc) is 3.24. The molecule has 118 valence electrons. The Bertz CT molecular complexity index is 612. The highest BCUT2D eigenvalue weighted by Crippen LogP contribution is 2.34. The minimum Gasteiger partial charge on any atom is -0.313 e. The van der Waals surface area contributed by atoms with Crippen molar-refractivity contribution in [3.05, 3.63) is 28.3 Å². The van der Waals surface area contributed by atoms with Crippen LogP contribution in [-0.2, 0) is 16.6 Å². The second kappa shape index (κ2) is 6.65. The van der Waals surface area contributed by atoms with Crippen LogP contribution in [0.4, 0.5) is 0 Å². The van der Waals surface area contributed by atoms with E-state index in [2.05, 4.69) is 5.32 Å². The molecule has 0 unspecified atom stereocenters. The Hall–Kier alpha value is -0.620. The van der Waals surface area contributed by atoms with Crippen molar-refractivity contribution in [2.75, 3.05) is 13.1 Å². The van der Waals surface area contributed by atoms with E-state index in [-0.39, 0.29) is 6.04 Å². The van der Waals surface area contributed by atoms with E-state index in [1.54, 1.807) is 10.4 Å². The fourth-order valence-corrected chi connectivity index (χ4v) is 4.83. The monoisotopic (exact) mass is 330 g/mol. The zero-order valence-corrected chi connectivity index (χ0v) is 14.4. The van der Waals surface area contributed by atoms with Crippen LogP contribution in [0.3, 0.4) is 0 Å². The van der Waals surface area contributed by atoms with Gasteiger partial charge in [-0.2, -0.15) is 4.31 Å². The molecule has 2 rings (SSSR count). The molecule has 1 saturated carbocycles. The number of nitrogens with one attached hydrogen (secondary N) is 1. The molecule has 1 N–H and O–H groups in total. The second-order valence-electron chi connectivity index (χ2n) is 5.41. The summed E-state index contributed by atoms with van der Waals surface area (Å²) < 4.78 is 27.4. The SMILES string of the molecule is CCNCc1cc(Cl)cc(S(=O)(=O)N(CC)C2CC2)c1C. The summed E-state index contributed by atoms with van der Waals surface area (Å²) in [6.45, 7) is 7.72. The fourth-order valence-electron chi connectivity index (χ4n) is 2.53. The van der Waals surface area contributed by atoms with Gasteiger partial charge in [0.25, 0.3) is 0 Å². The lowest BCUT2D eigenvalue weighted by Gasteiger charge is -2.22. The largest absolute Gasteiger partial charge is 0.313 e. The first-order chi connectivity index (χ1) is 9.91. The van der Waals surface area contributed by atoms with E-state index in [9.17, 15) is 8.42 Å². The summed E-state index contributed by atoms with van der Waals surface area (Å²) in [4.78, 5) is 0.344. The van der Waals surface area contributed by atoms with Crippen molar-refractivity contribution in [1.82, 2.24) is 9.62 Å². The Balaban J connectivity index is 2.44. The molecule has 1 fully saturated rings. The second-order valence-corrected chi connectivity index (χ2v) is 7.70. The molecule has 0 aliphatic heterocycles. The van der Waals surface area contributed by atoms with Crippen molar-refractivity contribution in [2.24, 2.45) is 0 Å². The van der Waals surface area contributed by atoms with Gasteiger partial charge < -0.3 is 5.32 Å². The molecule has 0 atom stereocenters. The maximum Gasteiger partial charge on any atom is 0.243 e. The van der Waals surface area contributed by atoms with Crippen LogP contribution in [-0.4, -0.2) is 31.9 Å². The van der Waals surface area contributed by atoms with Crippen molar-refractivity contribution in [3.63, 3.8) is 0 Å². The molecule has 21 heavy (non-hydrogen) atoms. The summed E-state index contributed by atoms with van der Waals surface area (Å²) in [5, 5.41) is 3.69. The topological polar surface area (TPSA) is 49.4 Å². The van der Waals surface area contributed by atoms with E-state index in [0.717, 1.165) is 30.5 Å². The number of hydrogen-bond acceptors (Lipinski definition) is 3. The molecular formula is C15H23ClN2O2S. The average molecular weight is 331 g/mol. The van der Waals surface area contributed by atoms with Crippen LogP contribution in [0.5, 0.6) is 0 Å². The minimum absolute atomic E-state index is 0.163. The molecule has 0 amide bonds. The van der Waals surface area contributed by atoms with Crippen LogP contribution in [0.15, 0.2) is 17.0 Å². The molecule has 0 aromatic heterocycles. The van der Waals surface area contributed by atoms with Gasteiger partial charge in [0.1, 0.15) is 0 Å². The van der Waals surface area contributed by atoms with Crippen LogP contribution in [0.25, 0.3) is 0 Å². The van der Waals surface area contributed by atoms with Gasteiger partial charge in [0.15, 0.2) is 0 Å². The Morgan fingerprint density at radius 3 is 2.52 bits per heavy atom. The van der Waals surface area contributed by atoms with E-state index < -0.39 is 10.0 Å². The smallest absolute Gasteiger partial charge is 0.243 e. The maximum absolute atomic E-state index is 12.9. The van der Waals surface area contributed by atoms with Gasteiger partial charge in [0, 0.05) is 24.2 Å². The first kappa shape index (κ1) is 16.7. The molecule has 6 heteroatoms. The van der Waals surface area contributed by atoms with Crippen molar-refractivity contribution < 1.29 is 8.42 Å². The van der Waals surface area contributed by atoms with Crippen molar-refractivity contribution in [1.29, 1.82) is 0 Å². The highest BCUT2D eigenvalue weighted by Gasteiger charge is 2.37. The normalized spacial score (nSPS) is 15.7. The first-order valence-corrected chi connectivity index (χ1v) is 9.25. The number of nitrogens with zero attached hydrogens (tertiary/aromatic N) is 1. The lowest BCUT2D eigenvalue weighted by Crippen LogP contribution is -2.33. The Kier molecular flexibility index (Phi) is 5.30. The van der Waals surface area contributed by atoms with Crippen LogP contribution >= 0.6 is 11.6 Å². The van der Waals surface area contributed by atoms with Gasteiger partial charge in [-0.05, 0) is 49.6 Å². The molecule has 1 aromatic rings. The number of halogens is 1. The third-order valence-electron chi connectivity index (χ3n) is 3.85. The van der Waals surface area contributed by atoms with Crippen LogP contribution in [0.1, 0.15) is 37.8 Å². The molecule has 4 nitrogen and oxygen atoms in total. The van der Waals surface area contributed by atoms with Crippen LogP contribution in [0.2, 0.25) is 5.02 Å². The lowest BCUT2D eigenvalue weighted by molar-refractivity contribution is 0.420. The molecule has 0 saturated heterocycles. The molecule has 1 aliphatic carbocycles. The van der Waals surface area contributed by atoms with Gasteiger partial charge in [-0.15, -0.1) is 0 Å². The third kappa shape index (κ3) is 3.59. The summed E-state index contributed by atoms with van der Waals surface area (Å²) in [6, 6.07) is 3.58. The molecule has 1 aromatic carbocycles. The van der Waals surface area contributed by atoms with Gasteiger partial charge in [0.05, 0.1) is 4.90 Å². The minimum atomic E-state index is -3.47. The molecule has 1 aliphatic rings. The summed E-state index contributed by atoms with van der Waals surface area (Å²) in [5.74, 6) is 0. The predicted molar refractivity (Wildman–Crippen MR) is 86.2 cm³/mol. The van der Waals surface area contributed by atoms with E-state index in [4.69, 9.17) is 11.6 Å². The quantitative estimate of drug-likeness (QED) is 0.836. The maximum atomic E-state index is 12.9. The van der Waals surface area contributed by atoms with Crippen LogP contribution < -0.4 is 5.32 Å². The van der Waals surface area contributed by atoms with Crippen molar-refractivity contribution in [3.8, 4) is 0 Å². The molecule has 0 heterocycles. The zero-order chi connectivity index (χ0) is 15.6. The Morgan fingerprint density at radius 2 is 2.00 bits per heavy atom. The number of hydrogen-bond donors (Lipinski definition) is 1. The van der Waals surface area contributed by atoms with Gasteiger partial charge in [0.2, 0.25) is 10.0 Å².